The first kappa shape index (κ1) is 7.45. The predicted molar refractivity (Wildman–Crippen MR) is 34.6 cm³/mol. The van der Waals surface area contributed by atoms with Crippen LogP contribution in [-0.2, 0) is 9.47 Å². The van der Waals surface area contributed by atoms with Crippen LogP contribution in [0.25, 0.3) is 0 Å². The minimum Gasteiger partial charge on any atom is -0.388 e. The van der Waals surface area contributed by atoms with Gasteiger partial charge in [0.2, 0.25) is 0 Å². The van der Waals surface area contributed by atoms with Crippen molar-refractivity contribution in [2.24, 2.45) is 5.73 Å². The molecule has 5 atom stereocenters. The zero-order valence-corrected chi connectivity index (χ0v) is 5.88. The highest BCUT2D eigenvalue weighted by Gasteiger charge is 2.47. The van der Waals surface area contributed by atoms with Crippen molar-refractivity contribution >= 4 is 0 Å². The molecule has 5 heteroatoms. The van der Waals surface area contributed by atoms with E-state index in [1.807, 2.05) is 0 Å². The first-order chi connectivity index (χ1) is 5.20. The van der Waals surface area contributed by atoms with Crippen LogP contribution in [0.1, 0.15) is 0 Å². The van der Waals surface area contributed by atoms with Crippen LogP contribution >= 0.6 is 0 Å². The zero-order valence-electron chi connectivity index (χ0n) is 5.88. The van der Waals surface area contributed by atoms with Gasteiger partial charge < -0.3 is 25.4 Å². The largest absolute Gasteiger partial charge is 0.388 e. The van der Waals surface area contributed by atoms with Crippen LogP contribution in [0.15, 0.2) is 0 Å². The average Bonchev–Trinajstić information content (AvgIpc) is 2.44. The Labute approximate surface area is 63.7 Å². The molecule has 2 saturated heterocycles. The predicted octanol–water partition coefficient (Wildman–Crippen LogP) is -2.21. The molecule has 2 bridgehead atoms. The molecule has 11 heavy (non-hydrogen) atoms. The quantitative estimate of drug-likeness (QED) is 0.375. The number of nitrogens with two attached hydrogens (primary N) is 1. The molecule has 0 aromatic rings. The van der Waals surface area contributed by atoms with Gasteiger partial charge in [-0.05, 0) is 0 Å². The van der Waals surface area contributed by atoms with Crippen molar-refractivity contribution < 1.29 is 19.7 Å². The van der Waals surface area contributed by atoms with E-state index in [0.717, 1.165) is 0 Å². The number of fused-ring (bicyclic) bond motifs is 2. The Morgan fingerprint density at radius 2 is 2.00 bits per heavy atom. The third-order valence-corrected chi connectivity index (χ3v) is 2.17. The molecular weight excluding hydrogens is 150 g/mol. The van der Waals surface area contributed by atoms with Crippen LogP contribution in [0.4, 0.5) is 0 Å². The molecule has 2 rings (SSSR count). The van der Waals surface area contributed by atoms with E-state index < -0.39 is 30.6 Å². The molecule has 0 unspecified atom stereocenters. The normalized spacial score (nSPS) is 56.5. The molecule has 0 aromatic heterocycles. The van der Waals surface area contributed by atoms with E-state index in [2.05, 4.69) is 0 Å². The smallest absolute Gasteiger partial charge is 0.175 e. The molecule has 4 N–H and O–H groups in total. The summed E-state index contributed by atoms with van der Waals surface area (Å²) in [7, 11) is 0. The van der Waals surface area contributed by atoms with E-state index in [0.29, 0.717) is 6.61 Å². The molecule has 0 amide bonds. The summed E-state index contributed by atoms with van der Waals surface area (Å²) in [5.41, 5.74) is 5.49. The van der Waals surface area contributed by atoms with E-state index in [1.54, 1.807) is 0 Å². The molecule has 2 fully saturated rings. The second-order valence-electron chi connectivity index (χ2n) is 2.93. The van der Waals surface area contributed by atoms with Crippen molar-refractivity contribution in [1.29, 1.82) is 0 Å². The van der Waals surface area contributed by atoms with Gasteiger partial charge in [-0.3, -0.25) is 0 Å². The number of rotatable bonds is 0. The second kappa shape index (κ2) is 2.40. The Morgan fingerprint density at radius 1 is 1.27 bits per heavy atom. The molecule has 5 nitrogen and oxygen atoms in total. The standard InChI is InChI=1S/C6H11NO4/c7-3-5(9)4(8)2-1-10-6(3)11-2/h2-6,8-9H,1,7H2/t2-,3-,4+,5-,6+/m1/s1. The van der Waals surface area contributed by atoms with E-state index in [1.165, 1.54) is 0 Å². The third kappa shape index (κ3) is 0.969. The highest BCUT2D eigenvalue weighted by Crippen LogP contribution is 2.26. The summed E-state index contributed by atoms with van der Waals surface area (Å²) in [5, 5.41) is 18.6. The maximum Gasteiger partial charge on any atom is 0.175 e. The average molecular weight is 161 g/mol. The van der Waals surface area contributed by atoms with Crippen LogP contribution in [0, 0.1) is 0 Å². The number of ether oxygens (including phenoxy) is 2. The van der Waals surface area contributed by atoms with E-state index in [-0.39, 0.29) is 0 Å². The fraction of sp³-hybridized carbons (Fsp3) is 1.00. The molecule has 2 heterocycles. The first-order valence-electron chi connectivity index (χ1n) is 3.59. The van der Waals surface area contributed by atoms with Gasteiger partial charge in [-0.1, -0.05) is 0 Å². The Hall–Kier alpha value is -0.200. The Kier molecular flexibility index (Phi) is 1.62. The van der Waals surface area contributed by atoms with Gasteiger partial charge in [0.25, 0.3) is 0 Å². The van der Waals surface area contributed by atoms with Gasteiger partial charge in [-0.15, -0.1) is 0 Å². The SMILES string of the molecule is N[C@H]1[C@H]2OC[C@@H](O2)[C@H](O)[C@@H]1O. The molecule has 0 radical (unpaired) electrons. The van der Waals surface area contributed by atoms with Gasteiger partial charge >= 0.3 is 0 Å². The maximum atomic E-state index is 9.30. The van der Waals surface area contributed by atoms with Crippen molar-refractivity contribution in [2.75, 3.05) is 6.61 Å². The monoisotopic (exact) mass is 161 g/mol. The summed E-state index contributed by atoms with van der Waals surface area (Å²) in [6.45, 7) is 0.316. The number of hydrogen-bond donors (Lipinski definition) is 3. The van der Waals surface area contributed by atoms with Gasteiger partial charge in [0.15, 0.2) is 6.29 Å². The fourth-order valence-corrected chi connectivity index (χ4v) is 1.43. The van der Waals surface area contributed by atoms with Gasteiger partial charge in [0, 0.05) is 0 Å². The van der Waals surface area contributed by atoms with Gasteiger partial charge in [-0.2, -0.15) is 0 Å². The molecule has 2 aliphatic heterocycles. The summed E-state index contributed by atoms with van der Waals surface area (Å²) in [6, 6.07) is -0.635. The minimum atomic E-state index is -0.929. The third-order valence-electron chi connectivity index (χ3n) is 2.17. The molecular formula is C6H11NO4. The lowest BCUT2D eigenvalue weighted by Crippen LogP contribution is -2.57. The molecule has 64 valence electrons. The molecule has 0 spiro atoms. The minimum absolute atomic E-state index is 0.316. The lowest BCUT2D eigenvalue weighted by molar-refractivity contribution is -0.177. The van der Waals surface area contributed by atoms with Gasteiger partial charge in [0.05, 0.1) is 12.6 Å². The van der Waals surface area contributed by atoms with Gasteiger partial charge in [0.1, 0.15) is 18.3 Å². The summed E-state index contributed by atoms with van der Waals surface area (Å²) < 4.78 is 10.2. The molecule has 0 aliphatic carbocycles. The van der Waals surface area contributed by atoms with Gasteiger partial charge in [-0.25, -0.2) is 0 Å². The Bertz CT molecular complexity index is 145. The molecule has 2 aliphatic rings. The lowest BCUT2D eigenvalue weighted by atomic mass is 10.00. The highest BCUT2D eigenvalue weighted by atomic mass is 16.7. The van der Waals surface area contributed by atoms with Crippen LogP contribution in [0.2, 0.25) is 0 Å². The second-order valence-corrected chi connectivity index (χ2v) is 2.93. The van der Waals surface area contributed by atoms with Crippen molar-refractivity contribution in [3.8, 4) is 0 Å². The highest BCUT2D eigenvalue weighted by molar-refractivity contribution is 4.94. The van der Waals surface area contributed by atoms with Crippen molar-refractivity contribution in [3.05, 3.63) is 0 Å². The van der Waals surface area contributed by atoms with Crippen LogP contribution < -0.4 is 5.73 Å². The van der Waals surface area contributed by atoms with Crippen LogP contribution in [0.3, 0.4) is 0 Å². The van der Waals surface area contributed by atoms with E-state index >= 15 is 0 Å². The van der Waals surface area contributed by atoms with Crippen LogP contribution in [-0.4, -0.2) is 47.5 Å². The van der Waals surface area contributed by atoms with E-state index in [4.69, 9.17) is 15.2 Å². The number of aliphatic hydroxyl groups excluding tert-OH is 2. The van der Waals surface area contributed by atoms with Crippen molar-refractivity contribution in [2.45, 2.75) is 30.6 Å². The Morgan fingerprint density at radius 3 is 2.73 bits per heavy atom. The zero-order chi connectivity index (χ0) is 8.01. The topological polar surface area (TPSA) is 84.9 Å². The first-order valence-corrected chi connectivity index (χ1v) is 3.59. The maximum absolute atomic E-state index is 9.30. The number of hydrogen-bond acceptors (Lipinski definition) is 5. The fourth-order valence-electron chi connectivity index (χ4n) is 1.43. The van der Waals surface area contributed by atoms with Crippen LogP contribution in [0.5, 0.6) is 0 Å². The van der Waals surface area contributed by atoms with E-state index in [9.17, 15) is 10.2 Å². The number of aliphatic hydroxyl groups is 2. The van der Waals surface area contributed by atoms with Crippen molar-refractivity contribution in [3.63, 3.8) is 0 Å². The summed E-state index contributed by atoms with van der Waals surface area (Å²) in [6.07, 6.45) is -2.79. The molecule has 0 saturated carbocycles. The summed E-state index contributed by atoms with van der Waals surface area (Å²) in [4.78, 5) is 0. The Balaban J connectivity index is 2.16. The summed E-state index contributed by atoms with van der Waals surface area (Å²) >= 11 is 0. The summed E-state index contributed by atoms with van der Waals surface area (Å²) in [5.74, 6) is 0. The van der Waals surface area contributed by atoms with Crippen molar-refractivity contribution in [1.82, 2.24) is 0 Å². The lowest BCUT2D eigenvalue weighted by Gasteiger charge is -2.33. The molecule has 0 aromatic carbocycles.